The van der Waals surface area contributed by atoms with E-state index in [0.717, 1.165) is 6.42 Å². The maximum atomic E-state index is 5.82. The molecule has 0 radical (unpaired) electrons. The van der Waals surface area contributed by atoms with Crippen LogP contribution in [0.3, 0.4) is 0 Å². The largest absolute Gasteiger partial charge is 0.346 e. The molecule has 0 bridgehead atoms. The molecular weight excluding hydrogens is 323 g/mol. The van der Waals surface area contributed by atoms with Crippen molar-refractivity contribution < 1.29 is 9.47 Å². The molecule has 15 heavy (non-hydrogen) atoms. The van der Waals surface area contributed by atoms with Crippen molar-refractivity contribution in [2.75, 3.05) is 13.2 Å². The van der Waals surface area contributed by atoms with Crippen molar-refractivity contribution in [2.45, 2.75) is 33.0 Å². The molecule has 0 fully saturated rings. The summed E-state index contributed by atoms with van der Waals surface area (Å²) >= 11 is 4.07. The van der Waals surface area contributed by atoms with Gasteiger partial charge in [0.25, 0.3) is 0 Å². The first-order chi connectivity index (χ1) is 7.20. The van der Waals surface area contributed by atoms with E-state index in [9.17, 15) is 0 Å². The van der Waals surface area contributed by atoms with E-state index in [0.29, 0.717) is 13.2 Å². The van der Waals surface area contributed by atoms with Crippen LogP contribution >= 0.6 is 33.9 Å². The predicted molar refractivity (Wildman–Crippen MR) is 72.3 cm³/mol. The first-order valence-corrected chi connectivity index (χ1v) is 7.17. The third kappa shape index (κ3) is 2.93. The Morgan fingerprint density at radius 1 is 1.27 bits per heavy atom. The lowest BCUT2D eigenvalue weighted by Crippen LogP contribution is -2.33. The zero-order chi connectivity index (χ0) is 11.3. The summed E-state index contributed by atoms with van der Waals surface area (Å²) in [5.41, 5.74) is 1.17. The molecule has 0 aliphatic rings. The van der Waals surface area contributed by atoms with Gasteiger partial charge in [-0.05, 0) is 47.9 Å². The van der Waals surface area contributed by atoms with Crippen molar-refractivity contribution in [1.29, 1.82) is 0 Å². The van der Waals surface area contributed by atoms with Gasteiger partial charge in [-0.1, -0.05) is 6.92 Å². The maximum Gasteiger partial charge on any atom is 0.196 e. The van der Waals surface area contributed by atoms with Gasteiger partial charge in [-0.2, -0.15) is 0 Å². The molecule has 0 N–H and O–H groups in total. The van der Waals surface area contributed by atoms with Crippen LogP contribution in [0.1, 0.15) is 32.8 Å². The van der Waals surface area contributed by atoms with Crippen molar-refractivity contribution in [3.05, 3.63) is 19.9 Å². The molecule has 0 aliphatic carbocycles. The smallest absolute Gasteiger partial charge is 0.196 e. The molecule has 0 aromatic carbocycles. The molecule has 0 saturated carbocycles. The number of hydrogen-bond donors (Lipinski definition) is 0. The lowest BCUT2D eigenvalue weighted by molar-refractivity contribution is -0.244. The molecule has 4 heteroatoms. The Balaban J connectivity index is 3.02. The van der Waals surface area contributed by atoms with E-state index < -0.39 is 5.79 Å². The molecule has 86 valence electrons. The second-order valence-corrected chi connectivity index (χ2v) is 5.81. The van der Waals surface area contributed by atoms with E-state index in [1.165, 1.54) is 8.45 Å². The highest BCUT2D eigenvalue weighted by atomic mass is 127. The fourth-order valence-corrected chi connectivity index (χ4v) is 3.33. The predicted octanol–water partition coefficient (Wildman–Crippen LogP) is 3.99. The van der Waals surface area contributed by atoms with Gasteiger partial charge >= 0.3 is 0 Å². The number of rotatable bonds is 6. The van der Waals surface area contributed by atoms with Crippen LogP contribution < -0.4 is 0 Å². The van der Waals surface area contributed by atoms with Crippen molar-refractivity contribution in [1.82, 2.24) is 0 Å². The topological polar surface area (TPSA) is 18.5 Å². The maximum absolute atomic E-state index is 5.82. The molecule has 0 unspecified atom stereocenters. The second-order valence-electron chi connectivity index (χ2n) is 3.08. The second kappa shape index (κ2) is 6.18. The van der Waals surface area contributed by atoms with E-state index >= 15 is 0 Å². The number of halogens is 1. The summed E-state index contributed by atoms with van der Waals surface area (Å²) in [5.74, 6) is -0.542. The van der Waals surface area contributed by atoms with Crippen molar-refractivity contribution in [3.8, 4) is 0 Å². The van der Waals surface area contributed by atoms with Crippen LogP contribution in [0.25, 0.3) is 0 Å². The molecule has 0 spiro atoms. The van der Waals surface area contributed by atoms with Crippen LogP contribution in [0, 0.1) is 2.88 Å². The Morgan fingerprint density at radius 2 is 1.87 bits per heavy atom. The van der Waals surface area contributed by atoms with Gasteiger partial charge in [0.1, 0.15) is 0 Å². The van der Waals surface area contributed by atoms with E-state index in [2.05, 4.69) is 41.0 Å². The molecular formula is C11H17IO2S. The summed E-state index contributed by atoms with van der Waals surface area (Å²) in [5, 5.41) is 2.08. The highest BCUT2D eigenvalue weighted by molar-refractivity contribution is 14.1. The summed E-state index contributed by atoms with van der Waals surface area (Å²) in [6.45, 7) is 7.43. The van der Waals surface area contributed by atoms with Crippen molar-refractivity contribution >= 4 is 33.9 Å². The number of hydrogen-bond acceptors (Lipinski definition) is 3. The van der Waals surface area contributed by atoms with Gasteiger partial charge in [-0.15, -0.1) is 11.3 Å². The Bertz CT molecular complexity index is 293. The third-order valence-corrected chi connectivity index (χ3v) is 4.29. The van der Waals surface area contributed by atoms with Gasteiger partial charge in [0.2, 0.25) is 0 Å². The minimum absolute atomic E-state index is 0.542. The molecule has 0 saturated heterocycles. The van der Waals surface area contributed by atoms with E-state index in [1.54, 1.807) is 11.3 Å². The third-order valence-electron chi connectivity index (χ3n) is 2.25. The van der Waals surface area contributed by atoms with Gasteiger partial charge in [0.05, 0.1) is 2.88 Å². The summed E-state index contributed by atoms with van der Waals surface area (Å²) < 4.78 is 12.9. The Kier molecular flexibility index (Phi) is 5.52. The molecule has 0 atom stereocenters. The van der Waals surface area contributed by atoms with Crippen LogP contribution in [0.15, 0.2) is 11.4 Å². The molecule has 1 rings (SSSR count). The van der Waals surface area contributed by atoms with Gasteiger partial charge < -0.3 is 9.47 Å². The monoisotopic (exact) mass is 340 g/mol. The van der Waals surface area contributed by atoms with Crippen LogP contribution in [-0.4, -0.2) is 13.2 Å². The van der Waals surface area contributed by atoms with Crippen LogP contribution in [-0.2, 0) is 15.3 Å². The van der Waals surface area contributed by atoms with E-state index in [4.69, 9.17) is 9.47 Å². The fraction of sp³-hybridized carbons (Fsp3) is 0.636. The van der Waals surface area contributed by atoms with Gasteiger partial charge in [0.15, 0.2) is 5.79 Å². The molecule has 0 aliphatic heterocycles. The van der Waals surface area contributed by atoms with E-state index in [1.807, 2.05) is 13.8 Å². The fourth-order valence-electron chi connectivity index (χ4n) is 1.63. The average molecular weight is 340 g/mol. The number of ether oxygens (including phenoxy) is 2. The highest BCUT2D eigenvalue weighted by Gasteiger charge is 2.34. The normalized spacial score (nSPS) is 12.0. The summed E-state index contributed by atoms with van der Waals surface area (Å²) in [6.07, 6.45) is 0.835. The molecule has 1 aromatic heterocycles. The van der Waals surface area contributed by atoms with Gasteiger partial charge in [-0.25, -0.2) is 0 Å². The minimum atomic E-state index is -0.542. The van der Waals surface area contributed by atoms with Gasteiger partial charge in [-0.3, -0.25) is 0 Å². The quantitative estimate of drug-likeness (QED) is 0.576. The highest BCUT2D eigenvalue weighted by Crippen LogP contribution is 2.36. The lowest BCUT2D eigenvalue weighted by atomic mass is 10.1. The van der Waals surface area contributed by atoms with Crippen LogP contribution in [0.5, 0.6) is 0 Å². The van der Waals surface area contributed by atoms with Crippen molar-refractivity contribution in [2.24, 2.45) is 0 Å². The average Bonchev–Trinajstić information content (AvgIpc) is 2.64. The molecule has 0 amide bonds. The van der Waals surface area contributed by atoms with Crippen LogP contribution in [0.4, 0.5) is 0 Å². The summed E-state index contributed by atoms with van der Waals surface area (Å²) in [4.78, 5) is 0. The zero-order valence-electron chi connectivity index (χ0n) is 9.38. The standard InChI is InChI=1S/C11H17IO2S/c1-4-11(13-5-2,14-6-3)9-7-8-15-10(9)12/h7-8H,4-6H2,1-3H3. The number of thiophene rings is 1. The van der Waals surface area contributed by atoms with Crippen LogP contribution in [0.2, 0.25) is 0 Å². The molecule has 1 heterocycles. The SMILES string of the molecule is CCOC(CC)(OCC)c1ccsc1I. The molecule has 2 nitrogen and oxygen atoms in total. The van der Waals surface area contributed by atoms with Gasteiger partial charge in [0, 0.05) is 25.2 Å². The molecule has 1 aromatic rings. The zero-order valence-corrected chi connectivity index (χ0v) is 12.4. The Morgan fingerprint density at radius 3 is 2.20 bits per heavy atom. The minimum Gasteiger partial charge on any atom is -0.346 e. The van der Waals surface area contributed by atoms with Crippen molar-refractivity contribution in [3.63, 3.8) is 0 Å². The summed E-state index contributed by atoms with van der Waals surface area (Å²) in [6, 6.07) is 2.10. The first kappa shape index (κ1) is 13.4. The van der Waals surface area contributed by atoms with E-state index in [-0.39, 0.29) is 0 Å². The Hall–Kier alpha value is 0.350. The first-order valence-electron chi connectivity index (χ1n) is 5.21. The summed E-state index contributed by atoms with van der Waals surface area (Å²) in [7, 11) is 0. The Labute approximate surface area is 109 Å². The lowest BCUT2D eigenvalue weighted by Gasteiger charge is -2.32.